The van der Waals surface area contributed by atoms with E-state index >= 15 is 0 Å². The Morgan fingerprint density at radius 2 is 0.444 bits per heavy atom. The highest BCUT2D eigenvalue weighted by Crippen LogP contribution is 2.52. The maximum atomic E-state index is 2.47. The normalized spacial score (nSPS) is 13.6. The van der Waals surface area contributed by atoms with Gasteiger partial charge < -0.3 is 0 Å². The highest BCUT2D eigenvalue weighted by atomic mass is 14.3. The summed E-state index contributed by atoms with van der Waals surface area (Å²) in [7, 11) is 0. The van der Waals surface area contributed by atoms with Gasteiger partial charge in [-0.3, -0.25) is 0 Å². The number of hydrogen-bond acceptors (Lipinski definition) is 0. The van der Waals surface area contributed by atoms with Gasteiger partial charge in [0.25, 0.3) is 0 Å². The van der Waals surface area contributed by atoms with E-state index in [4.69, 9.17) is 0 Å². The summed E-state index contributed by atoms with van der Waals surface area (Å²) in [5.41, 5.74) is 0. The molecular formula is C36H16. The summed E-state index contributed by atoms with van der Waals surface area (Å²) >= 11 is 0. The van der Waals surface area contributed by atoms with E-state index in [1.54, 1.807) is 0 Å². The standard InChI is InChI=1S/C36H16/c1-3-7-19-17(5-1)21-9-11-23-25-13-27-28-14-26-24-12-10-22-18-6-2-4-8-20(18)34(22)36(24)32(26)16-30(28)29(27)15-31(25)35(23)33(19)21/h1-16H. The highest BCUT2D eigenvalue weighted by Gasteiger charge is 2.24. The van der Waals surface area contributed by atoms with E-state index in [1.165, 1.54) is 108 Å². The van der Waals surface area contributed by atoms with Crippen LogP contribution in [0.15, 0.2) is 97.1 Å². The first-order valence-corrected chi connectivity index (χ1v) is 12.8. The Morgan fingerprint density at radius 3 is 0.861 bits per heavy atom. The third-order valence-corrected chi connectivity index (χ3v) is 9.40. The lowest BCUT2D eigenvalue weighted by Gasteiger charge is -2.24. The Morgan fingerprint density at radius 1 is 0.194 bits per heavy atom. The molecule has 0 heterocycles. The molecule has 36 heavy (non-hydrogen) atoms. The molecule has 0 spiro atoms. The van der Waals surface area contributed by atoms with Gasteiger partial charge in [0, 0.05) is 0 Å². The van der Waals surface area contributed by atoms with Gasteiger partial charge in [0.05, 0.1) is 0 Å². The van der Waals surface area contributed by atoms with Crippen LogP contribution in [0.25, 0.3) is 108 Å². The molecule has 0 saturated heterocycles. The highest BCUT2D eigenvalue weighted by molar-refractivity contribution is 6.47. The summed E-state index contributed by atoms with van der Waals surface area (Å²) in [6, 6.07) is 36.8. The van der Waals surface area contributed by atoms with Crippen molar-refractivity contribution in [2.75, 3.05) is 0 Å². The molecule has 0 N–H and O–H groups in total. The summed E-state index contributed by atoms with van der Waals surface area (Å²) in [5.74, 6) is 0. The zero-order chi connectivity index (χ0) is 22.9. The van der Waals surface area contributed by atoms with Crippen LogP contribution < -0.4 is 0 Å². The molecule has 160 valence electrons. The Kier molecular flexibility index (Phi) is 2.40. The van der Waals surface area contributed by atoms with Crippen LogP contribution in [0.5, 0.6) is 0 Å². The summed E-state index contributed by atoms with van der Waals surface area (Å²) in [5, 5.41) is 28.5. The van der Waals surface area contributed by atoms with E-state index in [-0.39, 0.29) is 0 Å². The van der Waals surface area contributed by atoms with E-state index in [2.05, 4.69) is 97.1 Å². The Balaban J connectivity index is 1.24. The molecule has 0 unspecified atom stereocenters. The molecule has 0 aliphatic rings. The Labute approximate surface area is 204 Å². The van der Waals surface area contributed by atoms with Gasteiger partial charge in [0.15, 0.2) is 0 Å². The van der Waals surface area contributed by atoms with Crippen molar-refractivity contribution in [2.45, 2.75) is 0 Å². The van der Waals surface area contributed by atoms with Crippen LogP contribution in [0.3, 0.4) is 0 Å². The second-order valence-corrected chi connectivity index (χ2v) is 10.8. The van der Waals surface area contributed by atoms with Crippen molar-refractivity contribution in [3.8, 4) is 0 Å². The second kappa shape index (κ2) is 5.12. The van der Waals surface area contributed by atoms with Crippen LogP contribution in [0, 0.1) is 0 Å². The van der Waals surface area contributed by atoms with Crippen LogP contribution in [0.2, 0.25) is 0 Å². The smallest absolute Gasteiger partial charge is 0.00137 e. The van der Waals surface area contributed by atoms with E-state index in [0.29, 0.717) is 0 Å². The molecule has 0 aliphatic heterocycles. The van der Waals surface area contributed by atoms with E-state index in [9.17, 15) is 0 Å². The van der Waals surface area contributed by atoms with Crippen molar-refractivity contribution in [1.82, 2.24) is 0 Å². The molecule has 11 aromatic rings. The number of benzene rings is 6. The lowest BCUT2D eigenvalue weighted by Crippen LogP contribution is -1.95. The number of rotatable bonds is 0. The monoisotopic (exact) mass is 448 g/mol. The first-order chi connectivity index (χ1) is 17.9. The maximum absolute atomic E-state index is 2.47. The molecule has 0 aliphatic carbocycles. The molecule has 11 aromatic carbocycles. The molecule has 0 nitrogen and oxygen atoms in total. The molecular weight excluding hydrogens is 432 g/mol. The van der Waals surface area contributed by atoms with Gasteiger partial charge in [-0.1, -0.05) is 72.8 Å². The van der Waals surface area contributed by atoms with Crippen molar-refractivity contribution in [3.05, 3.63) is 97.1 Å². The fourth-order valence-corrected chi connectivity index (χ4v) is 7.73. The van der Waals surface area contributed by atoms with Gasteiger partial charge in [0.1, 0.15) is 0 Å². The average molecular weight is 449 g/mol. The third-order valence-electron chi connectivity index (χ3n) is 9.40. The quantitative estimate of drug-likeness (QED) is 0.216. The van der Waals surface area contributed by atoms with Gasteiger partial charge in [-0.15, -0.1) is 0 Å². The van der Waals surface area contributed by atoms with Gasteiger partial charge >= 0.3 is 0 Å². The fourth-order valence-electron chi connectivity index (χ4n) is 7.73. The summed E-state index contributed by atoms with van der Waals surface area (Å²) in [4.78, 5) is 0. The molecule has 0 aromatic heterocycles. The predicted octanol–water partition coefficient (Wildman–Crippen LogP) is 10.4. The van der Waals surface area contributed by atoms with Crippen molar-refractivity contribution >= 4 is 108 Å². The lowest BCUT2D eigenvalue weighted by molar-refractivity contribution is 1.80. The first-order valence-electron chi connectivity index (χ1n) is 12.8. The average Bonchev–Trinajstić information content (AvgIpc) is 2.89. The first kappa shape index (κ1) is 16.9. The largest absolute Gasteiger partial charge is 0.0616 e. The molecule has 0 heteroatoms. The molecule has 0 saturated carbocycles. The van der Waals surface area contributed by atoms with Gasteiger partial charge in [0.2, 0.25) is 0 Å². The zero-order valence-corrected chi connectivity index (χ0v) is 19.2. The van der Waals surface area contributed by atoms with E-state index in [1.807, 2.05) is 0 Å². The fraction of sp³-hybridized carbons (Fsp3) is 0. The van der Waals surface area contributed by atoms with E-state index < -0.39 is 0 Å². The lowest BCUT2D eigenvalue weighted by atomic mass is 9.79. The van der Waals surface area contributed by atoms with E-state index in [0.717, 1.165) is 0 Å². The van der Waals surface area contributed by atoms with Crippen LogP contribution in [-0.2, 0) is 0 Å². The summed E-state index contributed by atoms with van der Waals surface area (Å²) < 4.78 is 0. The summed E-state index contributed by atoms with van der Waals surface area (Å²) in [6.45, 7) is 0. The minimum atomic E-state index is 1.40. The molecule has 0 fully saturated rings. The minimum absolute atomic E-state index is 1.40. The molecule has 0 bridgehead atoms. The zero-order valence-electron chi connectivity index (χ0n) is 19.2. The predicted molar refractivity (Wildman–Crippen MR) is 157 cm³/mol. The van der Waals surface area contributed by atoms with Crippen LogP contribution in [-0.4, -0.2) is 0 Å². The van der Waals surface area contributed by atoms with Gasteiger partial charge in [-0.25, -0.2) is 0 Å². The Bertz CT molecular complexity index is 2450. The van der Waals surface area contributed by atoms with Crippen molar-refractivity contribution < 1.29 is 0 Å². The Hall–Kier alpha value is -4.68. The molecule has 0 amide bonds. The summed E-state index contributed by atoms with van der Waals surface area (Å²) in [6.07, 6.45) is 0. The SMILES string of the molecule is c1ccc2c(c1)c1ccc3c4cc5c6cc7c8ccc9c%10ccccc%10c9c8c7cc6c5cc4c3c21. The van der Waals surface area contributed by atoms with Crippen molar-refractivity contribution in [1.29, 1.82) is 0 Å². The van der Waals surface area contributed by atoms with Crippen molar-refractivity contribution in [3.63, 3.8) is 0 Å². The topological polar surface area (TPSA) is 0 Å². The molecule has 0 radical (unpaired) electrons. The van der Waals surface area contributed by atoms with Gasteiger partial charge in [-0.2, -0.15) is 0 Å². The third kappa shape index (κ3) is 1.55. The maximum Gasteiger partial charge on any atom is -0.00137 e. The second-order valence-electron chi connectivity index (χ2n) is 10.8. The van der Waals surface area contributed by atoms with Crippen LogP contribution >= 0.6 is 0 Å². The molecule has 11 rings (SSSR count). The van der Waals surface area contributed by atoms with Crippen molar-refractivity contribution in [2.24, 2.45) is 0 Å². The van der Waals surface area contributed by atoms with Crippen LogP contribution in [0.1, 0.15) is 0 Å². The minimum Gasteiger partial charge on any atom is -0.0616 e. The number of fused-ring (bicyclic) bond motifs is 22. The van der Waals surface area contributed by atoms with Crippen LogP contribution in [0.4, 0.5) is 0 Å². The molecule has 0 atom stereocenters. The number of hydrogen-bond donors (Lipinski definition) is 0. The van der Waals surface area contributed by atoms with Gasteiger partial charge in [-0.05, 0) is 132 Å².